The summed E-state index contributed by atoms with van der Waals surface area (Å²) in [4.78, 5) is 11.0. The number of ether oxygens (including phenoxy) is 1. The van der Waals surface area contributed by atoms with Crippen molar-refractivity contribution in [3.05, 3.63) is 42.5 Å². The molecule has 110 valence electrons. The van der Waals surface area contributed by atoms with Crippen LogP contribution in [0.3, 0.4) is 0 Å². The molecule has 1 aromatic rings. The van der Waals surface area contributed by atoms with E-state index in [1.54, 1.807) is 0 Å². The molecule has 0 saturated carbocycles. The molecule has 0 fully saturated rings. The van der Waals surface area contributed by atoms with E-state index < -0.39 is 35.6 Å². The van der Waals surface area contributed by atoms with Gasteiger partial charge in [-0.1, -0.05) is 24.8 Å². The molecule has 0 aliphatic rings. The molecule has 0 N–H and O–H groups in total. The highest BCUT2D eigenvalue weighted by atomic mass is 19.4. The Labute approximate surface area is 109 Å². The minimum absolute atomic E-state index is 0.608. The summed E-state index contributed by atoms with van der Waals surface area (Å²) in [6.07, 6.45) is -10.5. The fraction of sp³-hybridized carbons (Fsp3) is 0.250. The number of rotatable bonds is 3. The van der Waals surface area contributed by atoms with Crippen molar-refractivity contribution in [1.82, 2.24) is 0 Å². The maximum absolute atomic E-state index is 12.6. The molecule has 1 rings (SSSR count). The monoisotopic (exact) mass is 298 g/mol. The quantitative estimate of drug-likeness (QED) is 0.365. The van der Waals surface area contributed by atoms with Crippen molar-refractivity contribution in [1.29, 1.82) is 0 Å². The van der Waals surface area contributed by atoms with E-state index >= 15 is 0 Å². The van der Waals surface area contributed by atoms with Crippen molar-refractivity contribution >= 4 is 5.97 Å². The molecule has 0 spiro atoms. The zero-order valence-electron chi connectivity index (χ0n) is 9.76. The zero-order valence-corrected chi connectivity index (χ0v) is 9.76. The van der Waals surface area contributed by atoms with Crippen molar-refractivity contribution in [3.63, 3.8) is 0 Å². The van der Waals surface area contributed by atoms with Crippen LogP contribution in [0.4, 0.5) is 26.3 Å². The standard InChI is InChI=1S/C12H8F6O2/c1-2-9(19)20-8-6-4-3-5-7(8)10(11(13,14)15)12(16,17)18/h2-6,10H,1H2. The third-order valence-corrected chi connectivity index (χ3v) is 2.26. The van der Waals surface area contributed by atoms with Gasteiger partial charge in [0.25, 0.3) is 0 Å². The van der Waals surface area contributed by atoms with Crippen molar-refractivity contribution in [3.8, 4) is 5.75 Å². The smallest absolute Gasteiger partial charge is 0.404 e. The van der Waals surface area contributed by atoms with Gasteiger partial charge in [0, 0.05) is 11.6 Å². The van der Waals surface area contributed by atoms with E-state index in [1.807, 2.05) is 0 Å². The molecule has 0 aliphatic carbocycles. The molecule has 0 amide bonds. The van der Waals surface area contributed by atoms with Crippen molar-refractivity contribution in [2.24, 2.45) is 0 Å². The summed E-state index contributed by atoms with van der Waals surface area (Å²) in [6.45, 7) is 3.01. The first-order chi connectivity index (χ1) is 9.07. The summed E-state index contributed by atoms with van der Waals surface area (Å²) < 4.78 is 80.1. The molecule has 2 nitrogen and oxygen atoms in total. The van der Waals surface area contributed by atoms with Gasteiger partial charge < -0.3 is 4.74 Å². The minimum atomic E-state index is -5.56. The Morgan fingerprint density at radius 1 is 1.10 bits per heavy atom. The molecule has 0 radical (unpaired) electrons. The first kappa shape index (κ1) is 16.1. The average Bonchev–Trinajstić information content (AvgIpc) is 2.27. The van der Waals surface area contributed by atoms with Gasteiger partial charge >= 0.3 is 18.3 Å². The maximum Gasteiger partial charge on any atom is 0.404 e. The normalized spacial score (nSPS) is 12.3. The second kappa shape index (κ2) is 5.56. The zero-order chi connectivity index (χ0) is 15.6. The van der Waals surface area contributed by atoms with Crippen LogP contribution in [0.2, 0.25) is 0 Å². The topological polar surface area (TPSA) is 26.3 Å². The summed E-state index contributed by atoms with van der Waals surface area (Å²) in [6, 6.07) is 3.60. The Hall–Kier alpha value is -1.99. The number of benzene rings is 1. The predicted octanol–water partition coefficient (Wildman–Crippen LogP) is 3.99. The second-order valence-corrected chi connectivity index (χ2v) is 3.68. The van der Waals surface area contributed by atoms with Gasteiger partial charge in [-0.05, 0) is 6.07 Å². The molecule has 0 atom stereocenters. The number of carbonyl (C=O) groups excluding carboxylic acids is 1. The number of para-hydroxylation sites is 1. The number of carbonyl (C=O) groups is 1. The molecule has 8 heteroatoms. The second-order valence-electron chi connectivity index (χ2n) is 3.68. The van der Waals surface area contributed by atoms with Gasteiger partial charge in [0.05, 0.1) is 0 Å². The predicted molar refractivity (Wildman–Crippen MR) is 57.1 cm³/mol. The average molecular weight is 298 g/mol. The molecule has 0 aliphatic heterocycles. The Morgan fingerprint density at radius 3 is 2.05 bits per heavy atom. The molecular weight excluding hydrogens is 290 g/mol. The lowest BCUT2D eigenvalue weighted by molar-refractivity contribution is -0.253. The first-order valence-corrected chi connectivity index (χ1v) is 5.14. The van der Waals surface area contributed by atoms with Crippen LogP contribution in [0.25, 0.3) is 0 Å². The van der Waals surface area contributed by atoms with E-state index in [1.165, 1.54) is 0 Å². The van der Waals surface area contributed by atoms with Crippen molar-refractivity contribution in [2.75, 3.05) is 0 Å². The minimum Gasteiger partial charge on any atom is -0.423 e. The Bertz CT molecular complexity index is 489. The van der Waals surface area contributed by atoms with E-state index in [0.29, 0.717) is 12.1 Å². The summed E-state index contributed by atoms with van der Waals surface area (Å²) >= 11 is 0. The highest BCUT2D eigenvalue weighted by molar-refractivity contribution is 5.83. The van der Waals surface area contributed by atoms with Gasteiger partial charge in [0.1, 0.15) is 5.75 Å². The SMILES string of the molecule is C=CC(=O)Oc1ccccc1C(C(F)(F)F)C(F)(F)F. The lowest BCUT2D eigenvalue weighted by atomic mass is 9.97. The molecule has 1 aromatic carbocycles. The number of halogens is 6. The lowest BCUT2D eigenvalue weighted by Crippen LogP contribution is -2.34. The highest BCUT2D eigenvalue weighted by Crippen LogP contribution is 2.48. The number of hydrogen-bond acceptors (Lipinski definition) is 2. The first-order valence-electron chi connectivity index (χ1n) is 5.14. The van der Waals surface area contributed by atoms with Gasteiger partial charge in [-0.25, -0.2) is 4.79 Å². The van der Waals surface area contributed by atoms with Gasteiger partial charge in [0.15, 0.2) is 5.92 Å². The van der Waals surface area contributed by atoms with E-state index in [4.69, 9.17) is 0 Å². The maximum atomic E-state index is 12.6. The van der Waals surface area contributed by atoms with E-state index in [0.717, 1.165) is 18.2 Å². The molecule has 0 heterocycles. The number of hydrogen-bond donors (Lipinski definition) is 0. The highest BCUT2D eigenvalue weighted by Gasteiger charge is 2.58. The van der Waals surface area contributed by atoms with E-state index in [2.05, 4.69) is 11.3 Å². The molecule has 0 bridgehead atoms. The molecule has 20 heavy (non-hydrogen) atoms. The molecular formula is C12H8F6O2. The lowest BCUT2D eigenvalue weighted by Gasteiger charge is -2.24. The summed E-state index contributed by atoms with van der Waals surface area (Å²) in [5, 5.41) is 0. The van der Waals surface area contributed by atoms with Crippen LogP contribution in [0.1, 0.15) is 11.5 Å². The third-order valence-electron chi connectivity index (χ3n) is 2.26. The van der Waals surface area contributed by atoms with Gasteiger partial charge in [0.2, 0.25) is 0 Å². The summed E-state index contributed by atoms with van der Waals surface area (Å²) in [5.41, 5.74) is -1.18. The van der Waals surface area contributed by atoms with Crippen LogP contribution in [-0.2, 0) is 4.79 Å². The Kier molecular flexibility index (Phi) is 4.46. The number of esters is 1. The largest absolute Gasteiger partial charge is 0.423 e. The Balaban J connectivity index is 3.35. The van der Waals surface area contributed by atoms with E-state index in [-0.39, 0.29) is 0 Å². The number of alkyl halides is 6. The molecule has 0 unspecified atom stereocenters. The van der Waals surface area contributed by atoms with Crippen LogP contribution in [0.15, 0.2) is 36.9 Å². The van der Waals surface area contributed by atoms with Gasteiger partial charge in [-0.3, -0.25) is 0 Å². The van der Waals surface area contributed by atoms with Crippen LogP contribution < -0.4 is 4.74 Å². The van der Waals surface area contributed by atoms with Crippen molar-refractivity contribution < 1.29 is 35.9 Å². The third kappa shape index (κ3) is 3.75. The Morgan fingerprint density at radius 2 is 1.60 bits per heavy atom. The van der Waals surface area contributed by atoms with E-state index in [9.17, 15) is 31.1 Å². The van der Waals surface area contributed by atoms with Gasteiger partial charge in [-0.15, -0.1) is 0 Å². The molecule has 0 saturated heterocycles. The van der Waals surface area contributed by atoms with Crippen molar-refractivity contribution in [2.45, 2.75) is 18.3 Å². The van der Waals surface area contributed by atoms with Crippen LogP contribution >= 0.6 is 0 Å². The fourth-order valence-corrected chi connectivity index (χ4v) is 1.50. The molecule has 0 aromatic heterocycles. The summed E-state index contributed by atoms with van der Waals surface area (Å²) in [5.74, 6) is -5.69. The van der Waals surface area contributed by atoms with Crippen LogP contribution in [0, 0.1) is 0 Å². The van der Waals surface area contributed by atoms with Gasteiger partial charge in [-0.2, -0.15) is 26.3 Å². The fourth-order valence-electron chi connectivity index (χ4n) is 1.50. The summed E-state index contributed by atoms with van der Waals surface area (Å²) in [7, 11) is 0. The van der Waals surface area contributed by atoms with Crippen LogP contribution in [-0.4, -0.2) is 18.3 Å². The van der Waals surface area contributed by atoms with Crippen LogP contribution in [0.5, 0.6) is 5.75 Å².